The summed E-state index contributed by atoms with van der Waals surface area (Å²) in [5.74, 6) is 1.11. The van der Waals surface area contributed by atoms with Crippen molar-refractivity contribution in [3.63, 3.8) is 0 Å². The molecule has 0 bridgehead atoms. The maximum absolute atomic E-state index is 13.9. The lowest BCUT2D eigenvalue weighted by Gasteiger charge is -2.11. The monoisotopic (exact) mass is 342 g/mol. The smallest absolute Gasteiger partial charge is 0.138 e. The van der Waals surface area contributed by atoms with Crippen molar-refractivity contribution >= 4 is 35.8 Å². The molecule has 3 rings (SSSR count). The van der Waals surface area contributed by atoms with Crippen molar-refractivity contribution in [3.05, 3.63) is 53.7 Å². The fourth-order valence-corrected chi connectivity index (χ4v) is 2.35. The second kappa shape index (κ2) is 7.05. The van der Waals surface area contributed by atoms with Crippen LogP contribution in [0.5, 0.6) is 0 Å². The molecule has 0 unspecified atom stereocenters. The molecule has 7 heteroatoms. The van der Waals surface area contributed by atoms with E-state index in [0.29, 0.717) is 17.2 Å². The van der Waals surface area contributed by atoms with E-state index < -0.39 is 0 Å². The van der Waals surface area contributed by atoms with Crippen molar-refractivity contribution in [2.75, 3.05) is 0 Å². The van der Waals surface area contributed by atoms with Gasteiger partial charge in [-0.05, 0) is 38.1 Å². The van der Waals surface area contributed by atoms with Crippen LogP contribution in [0.1, 0.15) is 24.4 Å². The first-order chi connectivity index (χ1) is 9.59. The minimum absolute atomic E-state index is 0. The number of nitrogens with zero attached hydrogens (tertiary/aromatic N) is 3. The number of hydrogen-bond donors (Lipinski definition) is 1. The number of fused-ring (bicyclic) bond motifs is 1. The summed E-state index contributed by atoms with van der Waals surface area (Å²) in [7, 11) is 0. The number of aromatic nitrogens is 3. The van der Waals surface area contributed by atoms with Crippen molar-refractivity contribution in [2.45, 2.75) is 19.9 Å². The minimum atomic E-state index is -0.271. The largest absolute Gasteiger partial charge is 0.322 e. The molecule has 0 spiro atoms. The molecule has 2 aromatic heterocycles. The van der Waals surface area contributed by atoms with Crippen LogP contribution in [0.3, 0.4) is 0 Å². The molecule has 0 saturated carbocycles. The molecule has 4 nitrogen and oxygen atoms in total. The van der Waals surface area contributed by atoms with Crippen LogP contribution < -0.4 is 5.73 Å². The fourth-order valence-electron chi connectivity index (χ4n) is 2.35. The van der Waals surface area contributed by atoms with Crippen molar-refractivity contribution in [2.24, 2.45) is 5.73 Å². The number of nitrogens with two attached hydrogens (primary N) is 1. The van der Waals surface area contributed by atoms with Gasteiger partial charge in [-0.25, -0.2) is 14.4 Å². The number of aryl methyl sites for hydroxylation is 1. The maximum atomic E-state index is 13.9. The van der Waals surface area contributed by atoms with Crippen molar-refractivity contribution < 1.29 is 4.39 Å². The van der Waals surface area contributed by atoms with Gasteiger partial charge in [0.05, 0.1) is 17.1 Å². The van der Waals surface area contributed by atoms with E-state index in [1.807, 2.05) is 29.7 Å². The zero-order valence-electron chi connectivity index (χ0n) is 12.2. The van der Waals surface area contributed by atoms with Gasteiger partial charge in [0.25, 0.3) is 0 Å². The van der Waals surface area contributed by atoms with Crippen LogP contribution in [0.15, 0.2) is 36.5 Å². The number of halogens is 3. The second-order valence-corrected chi connectivity index (χ2v) is 4.82. The van der Waals surface area contributed by atoms with Gasteiger partial charge in [-0.15, -0.1) is 24.8 Å². The lowest BCUT2D eigenvalue weighted by molar-refractivity contribution is 0.620. The summed E-state index contributed by atoms with van der Waals surface area (Å²) in [4.78, 5) is 8.85. The van der Waals surface area contributed by atoms with E-state index >= 15 is 0 Å². The first-order valence-electron chi connectivity index (χ1n) is 6.44. The molecule has 2 N–H and O–H groups in total. The number of benzene rings is 1. The molecule has 0 amide bonds. The van der Waals surface area contributed by atoms with Crippen LogP contribution in [0.4, 0.5) is 4.39 Å². The molecule has 0 aliphatic rings. The lowest BCUT2D eigenvalue weighted by atomic mass is 10.2. The van der Waals surface area contributed by atoms with Crippen LogP contribution in [-0.2, 0) is 0 Å². The Bertz CT molecular complexity index is 772. The predicted octanol–water partition coefficient (Wildman–Crippen LogP) is 3.73. The Hall–Kier alpha value is -1.69. The molecule has 0 radical (unpaired) electrons. The normalized spacial score (nSPS) is 11.6. The highest BCUT2D eigenvalue weighted by Gasteiger charge is 2.18. The summed E-state index contributed by atoms with van der Waals surface area (Å²) >= 11 is 0. The Balaban J connectivity index is 0.00000121. The number of rotatable bonds is 2. The molecule has 0 aliphatic heterocycles. The van der Waals surface area contributed by atoms with Crippen LogP contribution >= 0.6 is 24.8 Å². The van der Waals surface area contributed by atoms with Gasteiger partial charge in [-0.2, -0.15) is 0 Å². The molecule has 2 heterocycles. The van der Waals surface area contributed by atoms with E-state index in [4.69, 9.17) is 5.73 Å². The highest BCUT2D eigenvalue weighted by Crippen LogP contribution is 2.27. The quantitative estimate of drug-likeness (QED) is 0.771. The SMILES string of the molecule is Cc1c(F)ccc2nc([C@H](C)N)n(-c3ccccn3)c12.Cl.Cl. The molecular formula is C15H17Cl2FN4. The summed E-state index contributed by atoms with van der Waals surface area (Å²) < 4.78 is 15.7. The molecule has 1 aromatic carbocycles. The predicted molar refractivity (Wildman–Crippen MR) is 90.7 cm³/mol. The van der Waals surface area contributed by atoms with Crippen molar-refractivity contribution in [1.29, 1.82) is 0 Å². The topological polar surface area (TPSA) is 56.7 Å². The number of imidazole rings is 1. The van der Waals surface area contributed by atoms with Crippen LogP contribution in [-0.4, -0.2) is 14.5 Å². The van der Waals surface area contributed by atoms with Gasteiger partial charge in [0.1, 0.15) is 17.5 Å². The first kappa shape index (κ1) is 18.4. The number of pyridine rings is 1. The Morgan fingerprint density at radius 1 is 1.18 bits per heavy atom. The molecule has 0 saturated heterocycles. The van der Waals surface area contributed by atoms with Crippen LogP contribution in [0.25, 0.3) is 16.9 Å². The average molecular weight is 343 g/mol. The van der Waals surface area contributed by atoms with Gasteiger partial charge in [-0.3, -0.25) is 4.57 Å². The highest BCUT2D eigenvalue weighted by molar-refractivity contribution is 5.85. The van der Waals surface area contributed by atoms with Crippen molar-refractivity contribution in [3.8, 4) is 5.82 Å². The van der Waals surface area contributed by atoms with E-state index in [0.717, 1.165) is 11.0 Å². The van der Waals surface area contributed by atoms with Gasteiger partial charge >= 0.3 is 0 Å². The zero-order chi connectivity index (χ0) is 14.3. The Morgan fingerprint density at radius 3 is 2.50 bits per heavy atom. The minimum Gasteiger partial charge on any atom is -0.322 e. The summed E-state index contributed by atoms with van der Waals surface area (Å²) in [6.07, 6.45) is 1.70. The van der Waals surface area contributed by atoms with Crippen molar-refractivity contribution in [1.82, 2.24) is 14.5 Å². The molecule has 3 aromatic rings. The van der Waals surface area contributed by atoms with E-state index in [-0.39, 0.29) is 36.7 Å². The highest BCUT2D eigenvalue weighted by atomic mass is 35.5. The Labute approximate surface area is 140 Å². The van der Waals surface area contributed by atoms with Crippen LogP contribution in [0, 0.1) is 12.7 Å². The van der Waals surface area contributed by atoms with Gasteiger partial charge in [0.2, 0.25) is 0 Å². The summed E-state index contributed by atoms with van der Waals surface area (Å²) in [5, 5.41) is 0. The van der Waals surface area contributed by atoms with Gasteiger partial charge in [0, 0.05) is 11.8 Å². The number of hydrogen-bond acceptors (Lipinski definition) is 3. The zero-order valence-corrected chi connectivity index (χ0v) is 13.8. The molecule has 1 atom stereocenters. The molecule has 22 heavy (non-hydrogen) atoms. The average Bonchev–Trinajstić information content (AvgIpc) is 2.84. The Morgan fingerprint density at radius 2 is 1.91 bits per heavy atom. The fraction of sp³-hybridized carbons (Fsp3) is 0.200. The van der Waals surface area contributed by atoms with E-state index in [2.05, 4.69) is 9.97 Å². The van der Waals surface area contributed by atoms with Gasteiger partial charge in [-0.1, -0.05) is 6.07 Å². The van der Waals surface area contributed by atoms with Crippen LogP contribution in [0.2, 0.25) is 0 Å². The van der Waals surface area contributed by atoms with Gasteiger partial charge in [0.15, 0.2) is 0 Å². The summed E-state index contributed by atoms with van der Waals surface area (Å²) in [5.41, 5.74) is 7.99. The molecule has 0 fully saturated rings. The summed E-state index contributed by atoms with van der Waals surface area (Å²) in [6, 6.07) is 8.40. The standard InChI is InChI=1S/C15H15FN4.2ClH/c1-9-11(16)6-7-12-14(9)20(15(19-12)10(2)17)13-5-3-4-8-18-13;;/h3-8,10H,17H2,1-2H3;2*1H/t10-;;/m0../s1. The van der Waals surface area contributed by atoms with E-state index in [9.17, 15) is 4.39 Å². The van der Waals surface area contributed by atoms with E-state index in [1.165, 1.54) is 6.07 Å². The van der Waals surface area contributed by atoms with E-state index in [1.54, 1.807) is 19.2 Å². The summed E-state index contributed by atoms with van der Waals surface area (Å²) in [6.45, 7) is 3.59. The maximum Gasteiger partial charge on any atom is 0.138 e. The van der Waals surface area contributed by atoms with Gasteiger partial charge < -0.3 is 5.73 Å². The molecule has 0 aliphatic carbocycles. The Kier molecular flexibility index (Phi) is 5.88. The first-order valence-corrected chi connectivity index (χ1v) is 6.44. The third-order valence-corrected chi connectivity index (χ3v) is 3.32. The molecule has 118 valence electrons. The third-order valence-electron chi connectivity index (χ3n) is 3.32. The third kappa shape index (κ3) is 2.92. The second-order valence-electron chi connectivity index (χ2n) is 4.82. The lowest BCUT2D eigenvalue weighted by Crippen LogP contribution is -2.13. The molecular weight excluding hydrogens is 326 g/mol.